The maximum absolute atomic E-state index is 11.1. The Kier molecular flexibility index (Phi) is 3.71. The summed E-state index contributed by atoms with van der Waals surface area (Å²) < 4.78 is 5.20. The number of aliphatic carboxylic acids is 1. The fraction of sp³-hybridized carbons (Fsp3) is 0.500. The number of carbonyl (C=O) groups is 1. The maximum atomic E-state index is 11.1. The first kappa shape index (κ1) is 12.0. The smallest absolute Gasteiger partial charge is 0.323 e. The normalized spacial score (nSPS) is 21.4. The van der Waals surface area contributed by atoms with Crippen molar-refractivity contribution >= 4 is 5.97 Å². The van der Waals surface area contributed by atoms with Gasteiger partial charge in [-0.25, -0.2) is 0 Å². The summed E-state index contributed by atoms with van der Waals surface area (Å²) in [6.45, 7) is 4.07. The Morgan fingerprint density at radius 1 is 1.65 bits per heavy atom. The topological polar surface area (TPSA) is 62.7 Å². The zero-order valence-corrected chi connectivity index (χ0v) is 9.80. The molecule has 1 aromatic rings. The van der Waals surface area contributed by atoms with Gasteiger partial charge >= 0.3 is 5.97 Å². The average molecular weight is 236 g/mol. The Morgan fingerprint density at radius 3 is 3.18 bits per heavy atom. The van der Waals surface area contributed by atoms with Gasteiger partial charge < -0.3 is 9.84 Å². The molecule has 5 heteroatoms. The van der Waals surface area contributed by atoms with Gasteiger partial charge in [-0.05, 0) is 18.1 Å². The van der Waals surface area contributed by atoms with Crippen molar-refractivity contribution in [2.24, 2.45) is 0 Å². The van der Waals surface area contributed by atoms with E-state index in [-0.39, 0.29) is 6.61 Å². The van der Waals surface area contributed by atoms with E-state index in [2.05, 4.69) is 4.98 Å². The summed E-state index contributed by atoms with van der Waals surface area (Å²) >= 11 is 0. The molecular formula is C12H16N2O3. The highest BCUT2D eigenvalue weighted by Gasteiger charge is 2.28. The van der Waals surface area contributed by atoms with Crippen LogP contribution in [0.2, 0.25) is 0 Å². The predicted octanol–water partition coefficient (Wildman–Crippen LogP) is 0.675. The second-order valence-electron chi connectivity index (χ2n) is 4.27. The van der Waals surface area contributed by atoms with Crippen LogP contribution in [0.3, 0.4) is 0 Å². The minimum atomic E-state index is -0.828. The number of aryl methyl sites for hydroxylation is 1. The summed E-state index contributed by atoms with van der Waals surface area (Å²) in [5.41, 5.74) is 2.13. The third-order valence-corrected chi connectivity index (χ3v) is 2.84. The van der Waals surface area contributed by atoms with Crippen LogP contribution in [0, 0.1) is 6.92 Å². The summed E-state index contributed by atoms with van der Waals surface area (Å²) in [7, 11) is 0. The van der Waals surface area contributed by atoms with E-state index in [0.29, 0.717) is 19.7 Å². The quantitative estimate of drug-likeness (QED) is 0.836. The molecule has 1 atom stereocenters. The number of rotatable bonds is 3. The molecule has 5 nitrogen and oxygen atoms in total. The highest BCUT2D eigenvalue weighted by atomic mass is 16.5. The van der Waals surface area contributed by atoms with E-state index in [1.54, 1.807) is 12.4 Å². The minimum absolute atomic E-state index is 0.259. The van der Waals surface area contributed by atoms with Gasteiger partial charge in [0.25, 0.3) is 0 Å². The van der Waals surface area contributed by atoms with Crippen LogP contribution in [0.15, 0.2) is 18.5 Å². The van der Waals surface area contributed by atoms with Crippen molar-refractivity contribution in [1.82, 2.24) is 9.88 Å². The Morgan fingerprint density at radius 2 is 2.47 bits per heavy atom. The van der Waals surface area contributed by atoms with Crippen molar-refractivity contribution in [1.29, 1.82) is 0 Å². The molecule has 92 valence electrons. The van der Waals surface area contributed by atoms with E-state index in [1.807, 2.05) is 17.9 Å². The van der Waals surface area contributed by atoms with Gasteiger partial charge in [0.15, 0.2) is 0 Å². The van der Waals surface area contributed by atoms with Crippen molar-refractivity contribution in [3.63, 3.8) is 0 Å². The van der Waals surface area contributed by atoms with Gasteiger partial charge in [0.2, 0.25) is 0 Å². The number of pyridine rings is 1. The standard InChI is InChI=1S/C12H16N2O3/c1-9-4-10(6-13-5-9)7-14-2-3-17-8-11(14)12(15)16/h4-6,11H,2-3,7-8H2,1H3,(H,15,16). The monoisotopic (exact) mass is 236 g/mol. The van der Waals surface area contributed by atoms with Crippen molar-refractivity contribution in [2.75, 3.05) is 19.8 Å². The fourth-order valence-corrected chi connectivity index (χ4v) is 1.99. The molecule has 0 saturated carbocycles. The summed E-state index contributed by atoms with van der Waals surface area (Å²) in [6, 6.07) is 1.48. The Balaban J connectivity index is 2.08. The molecule has 2 heterocycles. The number of carboxylic acid groups (broad SMARTS) is 1. The molecule has 0 amide bonds. The third kappa shape index (κ3) is 3.01. The minimum Gasteiger partial charge on any atom is -0.480 e. The lowest BCUT2D eigenvalue weighted by molar-refractivity contribution is -0.150. The number of aromatic nitrogens is 1. The SMILES string of the molecule is Cc1cncc(CN2CCOCC2C(=O)O)c1. The fourth-order valence-electron chi connectivity index (χ4n) is 1.99. The lowest BCUT2D eigenvalue weighted by atomic mass is 10.1. The van der Waals surface area contributed by atoms with Gasteiger partial charge in [0.05, 0.1) is 13.2 Å². The van der Waals surface area contributed by atoms with E-state index in [4.69, 9.17) is 9.84 Å². The van der Waals surface area contributed by atoms with Crippen molar-refractivity contribution in [3.8, 4) is 0 Å². The molecule has 2 rings (SSSR count). The summed E-state index contributed by atoms with van der Waals surface area (Å²) in [5, 5.41) is 9.10. The number of ether oxygens (including phenoxy) is 1. The van der Waals surface area contributed by atoms with E-state index in [0.717, 1.165) is 11.1 Å². The van der Waals surface area contributed by atoms with Crippen LogP contribution in [-0.2, 0) is 16.1 Å². The highest BCUT2D eigenvalue weighted by Crippen LogP contribution is 2.12. The zero-order valence-electron chi connectivity index (χ0n) is 9.80. The second kappa shape index (κ2) is 5.25. The third-order valence-electron chi connectivity index (χ3n) is 2.84. The Hall–Kier alpha value is -1.46. The molecule has 1 fully saturated rings. The summed E-state index contributed by atoms with van der Waals surface area (Å²) in [4.78, 5) is 17.1. The van der Waals surface area contributed by atoms with Crippen LogP contribution < -0.4 is 0 Å². The lowest BCUT2D eigenvalue weighted by Gasteiger charge is -2.32. The number of carboxylic acids is 1. The zero-order chi connectivity index (χ0) is 12.3. The molecule has 17 heavy (non-hydrogen) atoms. The Labute approximate surface area is 100 Å². The molecule has 1 unspecified atom stereocenters. The lowest BCUT2D eigenvalue weighted by Crippen LogP contribution is -2.49. The van der Waals surface area contributed by atoms with Crippen LogP contribution in [0.25, 0.3) is 0 Å². The molecule has 0 aliphatic carbocycles. The highest BCUT2D eigenvalue weighted by molar-refractivity contribution is 5.73. The van der Waals surface area contributed by atoms with Crippen molar-refractivity contribution in [3.05, 3.63) is 29.6 Å². The van der Waals surface area contributed by atoms with E-state index in [9.17, 15) is 4.79 Å². The van der Waals surface area contributed by atoms with Crippen molar-refractivity contribution in [2.45, 2.75) is 19.5 Å². The molecule has 0 bridgehead atoms. The van der Waals surface area contributed by atoms with Crippen molar-refractivity contribution < 1.29 is 14.6 Å². The number of morpholine rings is 1. The van der Waals surface area contributed by atoms with Crippen LogP contribution in [0.1, 0.15) is 11.1 Å². The van der Waals surface area contributed by atoms with Gasteiger partial charge in [-0.15, -0.1) is 0 Å². The Bertz CT molecular complexity index is 408. The largest absolute Gasteiger partial charge is 0.480 e. The molecule has 0 aromatic carbocycles. The number of hydrogen-bond donors (Lipinski definition) is 1. The molecule has 1 aromatic heterocycles. The first-order valence-electron chi connectivity index (χ1n) is 5.62. The maximum Gasteiger partial charge on any atom is 0.323 e. The summed E-state index contributed by atoms with van der Waals surface area (Å²) in [6.07, 6.45) is 3.57. The first-order chi connectivity index (χ1) is 8.16. The van der Waals surface area contributed by atoms with Gasteiger partial charge in [-0.3, -0.25) is 14.7 Å². The number of hydrogen-bond acceptors (Lipinski definition) is 4. The van der Waals surface area contributed by atoms with Crippen LogP contribution >= 0.6 is 0 Å². The molecule has 0 spiro atoms. The number of nitrogens with zero attached hydrogens (tertiary/aromatic N) is 2. The molecular weight excluding hydrogens is 220 g/mol. The average Bonchev–Trinajstić information content (AvgIpc) is 2.29. The molecule has 1 saturated heterocycles. The van der Waals surface area contributed by atoms with E-state index in [1.165, 1.54) is 0 Å². The molecule has 1 aliphatic heterocycles. The van der Waals surface area contributed by atoms with Gasteiger partial charge in [-0.1, -0.05) is 6.07 Å². The first-order valence-corrected chi connectivity index (χ1v) is 5.62. The van der Waals surface area contributed by atoms with E-state index < -0.39 is 12.0 Å². The summed E-state index contributed by atoms with van der Waals surface area (Å²) in [5.74, 6) is -0.828. The van der Waals surface area contributed by atoms with Crippen LogP contribution in [0.5, 0.6) is 0 Å². The van der Waals surface area contributed by atoms with Gasteiger partial charge in [0.1, 0.15) is 6.04 Å². The van der Waals surface area contributed by atoms with Gasteiger partial charge in [0, 0.05) is 25.5 Å². The van der Waals surface area contributed by atoms with Crippen LogP contribution in [0.4, 0.5) is 0 Å². The predicted molar refractivity (Wildman–Crippen MR) is 61.6 cm³/mol. The molecule has 0 radical (unpaired) electrons. The van der Waals surface area contributed by atoms with E-state index >= 15 is 0 Å². The van der Waals surface area contributed by atoms with Gasteiger partial charge in [-0.2, -0.15) is 0 Å². The second-order valence-corrected chi connectivity index (χ2v) is 4.27. The van der Waals surface area contributed by atoms with Crippen LogP contribution in [-0.4, -0.2) is 46.8 Å². The molecule has 1 N–H and O–H groups in total. The molecule has 1 aliphatic rings.